The van der Waals surface area contributed by atoms with Crippen LogP contribution in [0.15, 0.2) is 30.6 Å². The van der Waals surface area contributed by atoms with Gasteiger partial charge in [-0.15, -0.1) is 0 Å². The molecule has 1 N–H and O–H groups in total. The monoisotopic (exact) mass is 330 g/mol. The van der Waals surface area contributed by atoms with Gasteiger partial charge in [-0.1, -0.05) is 12.1 Å². The van der Waals surface area contributed by atoms with E-state index in [4.69, 9.17) is 4.74 Å². The fraction of sp³-hybridized carbons (Fsp3) is 0.412. The van der Waals surface area contributed by atoms with Crippen LogP contribution in [-0.4, -0.2) is 41.7 Å². The Balaban J connectivity index is 1.65. The number of hydrogen-bond donors (Lipinski definition) is 1. The highest BCUT2D eigenvalue weighted by Crippen LogP contribution is 2.21. The van der Waals surface area contributed by atoms with Crippen molar-refractivity contribution in [1.82, 2.24) is 9.97 Å². The largest absolute Gasteiger partial charge is 0.496 e. The molecule has 0 spiro atoms. The maximum Gasteiger partial charge on any atom is 0.134 e. The molecule has 122 valence electrons. The number of hydrogen-bond acceptors (Lipinski definition) is 6. The van der Waals surface area contributed by atoms with E-state index in [2.05, 4.69) is 39.2 Å². The third kappa shape index (κ3) is 4.07. The molecule has 0 saturated carbocycles. The van der Waals surface area contributed by atoms with Gasteiger partial charge in [-0.05, 0) is 24.1 Å². The topological polar surface area (TPSA) is 50.3 Å². The van der Waals surface area contributed by atoms with E-state index in [0.717, 1.165) is 54.1 Å². The molecule has 5 nitrogen and oxygen atoms in total. The number of benzene rings is 1. The van der Waals surface area contributed by atoms with Gasteiger partial charge >= 0.3 is 0 Å². The normalized spacial score (nSPS) is 14.6. The van der Waals surface area contributed by atoms with Crippen LogP contribution < -0.4 is 15.0 Å². The zero-order chi connectivity index (χ0) is 16.1. The van der Waals surface area contributed by atoms with Gasteiger partial charge < -0.3 is 15.0 Å². The van der Waals surface area contributed by atoms with Crippen LogP contribution in [0.2, 0.25) is 0 Å². The molecule has 0 aliphatic carbocycles. The Hall–Kier alpha value is -1.95. The predicted octanol–water partition coefficient (Wildman–Crippen LogP) is 2.96. The van der Waals surface area contributed by atoms with E-state index in [1.807, 2.05) is 23.9 Å². The number of aryl methyl sites for hydroxylation is 1. The molecule has 3 rings (SSSR count). The summed E-state index contributed by atoms with van der Waals surface area (Å²) < 4.78 is 5.30. The minimum atomic E-state index is 0.733. The first kappa shape index (κ1) is 15.9. The van der Waals surface area contributed by atoms with Crippen LogP contribution in [0.4, 0.5) is 11.6 Å². The molecule has 0 atom stereocenters. The summed E-state index contributed by atoms with van der Waals surface area (Å²) in [6, 6.07) is 8.24. The smallest absolute Gasteiger partial charge is 0.134 e. The maximum atomic E-state index is 5.30. The summed E-state index contributed by atoms with van der Waals surface area (Å²) in [6.45, 7) is 4.90. The zero-order valence-corrected chi connectivity index (χ0v) is 14.4. The number of thioether (sulfide) groups is 1. The van der Waals surface area contributed by atoms with Crippen LogP contribution in [0.5, 0.6) is 5.75 Å². The molecule has 2 aromatic rings. The van der Waals surface area contributed by atoms with E-state index in [9.17, 15) is 0 Å². The molecule has 0 amide bonds. The van der Waals surface area contributed by atoms with Crippen LogP contribution in [0.25, 0.3) is 0 Å². The summed E-state index contributed by atoms with van der Waals surface area (Å²) in [4.78, 5) is 11.1. The Bertz CT molecular complexity index is 659. The van der Waals surface area contributed by atoms with Gasteiger partial charge in [-0.2, -0.15) is 11.8 Å². The average Bonchev–Trinajstić information content (AvgIpc) is 2.61. The standard InChI is InChI=1S/C17H22N4OS/c1-13-9-14(3-4-15(13)22-2)11-18-16-10-17(20-12-19-16)21-5-7-23-8-6-21/h3-4,9-10,12H,5-8,11H2,1-2H3,(H,18,19,20). The molecule has 23 heavy (non-hydrogen) atoms. The number of anilines is 2. The lowest BCUT2D eigenvalue weighted by Crippen LogP contribution is -2.33. The van der Waals surface area contributed by atoms with Gasteiger partial charge in [0.2, 0.25) is 0 Å². The van der Waals surface area contributed by atoms with Crippen molar-refractivity contribution in [3.05, 3.63) is 41.7 Å². The van der Waals surface area contributed by atoms with Crippen molar-refractivity contribution >= 4 is 23.4 Å². The highest BCUT2D eigenvalue weighted by atomic mass is 32.2. The number of aromatic nitrogens is 2. The zero-order valence-electron chi connectivity index (χ0n) is 13.6. The van der Waals surface area contributed by atoms with Gasteiger partial charge in [0.25, 0.3) is 0 Å². The van der Waals surface area contributed by atoms with E-state index < -0.39 is 0 Å². The van der Waals surface area contributed by atoms with Crippen molar-refractivity contribution in [3.63, 3.8) is 0 Å². The Kier molecular flexibility index (Phi) is 5.23. The molecule has 0 radical (unpaired) electrons. The van der Waals surface area contributed by atoms with E-state index in [0.29, 0.717) is 0 Å². The Morgan fingerprint density at radius 2 is 2.04 bits per heavy atom. The third-order valence-corrected chi connectivity index (χ3v) is 4.86. The Morgan fingerprint density at radius 3 is 2.78 bits per heavy atom. The molecule has 0 bridgehead atoms. The number of nitrogens with zero attached hydrogens (tertiary/aromatic N) is 3. The van der Waals surface area contributed by atoms with Crippen molar-refractivity contribution in [3.8, 4) is 5.75 Å². The van der Waals surface area contributed by atoms with Crippen molar-refractivity contribution in [2.75, 3.05) is 41.9 Å². The third-order valence-electron chi connectivity index (χ3n) is 3.92. The average molecular weight is 330 g/mol. The number of ether oxygens (including phenoxy) is 1. The summed E-state index contributed by atoms with van der Waals surface area (Å²) in [5, 5.41) is 3.38. The fourth-order valence-corrected chi connectivity index (χ4v) is 3.56. The molecular weight excluding hydrogens is 308 g/mol. The summed E-state index contributed by atoms with van der Waals surface area (Å²) in [7, 11) is 1.70. The first-order chi connectivity index (χ1) is 11.3. The second kappa shape index (κ2) is 7.55. The van der Waals surface area contributed by atoms with Crippen LogP contribution >= 0.6 is 11.8 Å². The van der Waals surface area contributed by atoms with E-state index in [1.165, 1.54) is 5.56 Å². The molecule has 1 aromatic heterocycles. The van der Waals surface area contributed by atoms with Crippen LogP contribution in [-0.2, 0) is 6.54 Å². The lowest BCUT2D eigenvalue weighted by atomic mass is 10.1. The fourth-order valence-electron chi connectivity index (χ4n) is 2.65. The summed E-state index contributed by atoms with van der Waals surface area (Å²) in [6.07, 6.45) is 1.64. The molecule has 1 aliphatic heterocycles. The van der Waals surface area contributed by atoms with Gasteiger partial charge in [-0.25, -0.2) is 9.97 Å². The van der Waals surface area contributed by atoms with Crippen LogP contribution in [0, 0.1) is 6.92 Å². The summed E-state index contributed by atoms with van der Waals surface area (Å²) in [5.74, 6) is 5.12. The second-order valence-electron chi connectivity index (χ2n) is 5.52. The molecule has 6 heteroatoms. The van der Waals surface area contributed by atoms with Gasteiger partial charge in [-0.3, -0.25) is 0 Å². The molecular formula is C17H22N4OS. The van der Waals surface area contributed by atoms with E-state index in [-0.39, 0.29) is 0 Å². The first-order valence-electron chi connectivity index (χ1n) is 7.78. The molecule has 1 aliphatic rings. The van der Waals surface area contributed by atoms with Crippen molar-refractivity contribution in [2.24, 2.45) is 0 Å². The predicted molar refractivity (Wildman–Crippen MR) is 96.6 cm³/mol. The highest BCUT2D eigenvalue weighted by molar-refractivity contribution is 7.99. The number of nitrogens with one attached hydrogen (secondary N) is 1. The maximum absolute atomic E-state index is 5.30. The molecule has 1 aromatic carbocycles. The quantitative estimate of drug-likeness (QED) is 0.909. The lowest BCUT2D eigenvalue weighted by molar-refractivity contribution is 0.411. The second-order valence-corrected chi connectivity index (χ2v) is 6.74. The Labute approximate surface area is 141 Å². The first-order valence-corrected chi connectivity index (χ1v) is 8.94. The number of rotatable bonds is 5. The van der Waals surface area contributed by atoms with Gasteiger partial charge in [0, 0.05) is 37.2 Å². The minimum absolute atomic E-state index is 0.733. The van der Waals surface area contributed by atoms with Gasteiger partial charge in [0.15, 0.2) is 0 Å². The summed E-state index contributed by atoms with van der Waals surface area (Å²) in [5.41, 5.74) is 2.35. The SMILES string of the molecule is COc1ccc(CNc2cc(N3CCSCC3)ncn2)cc1C. The lowest BCUT2D eigenvalue weighted by Gasteiger charge is -2.27. The molecule has 1 saturated heterocycles. The highest BCUT2D eigenvalue weighted by Gasteiger charge is 2.12. The van der Waals surface area contributed by atoms with E-state index >= 15 is 0 Å². The van der Waals surface area contributed by atoms with Crippen molar-refractivity contribution < 1.29 is 4.74 Å². The molecule has 0 unspecified atom stereocenters. The van der Waals surface area contributed by atoms with Crippen molar-refractivity contribution in [2.45, 2.75) is 13.5 Å². The van der Waals surface area contributed by atoms with Crippen LogP contribution in [0.3, 0.4) is 0 Å². The van der Waals surface area contributed by atoms with Crippen molar-refractivity contribution in [1.29, 1.82) is 0 Å². The Morgan fingerprint density at radius 1 is 1.22 bits per heavy atom. The molecule has 1 fully saturated rings. The van der Waals surface area contributed by atoms with Gasteiger partial charge in [0.05, 0.1) is 7.11 Å². The summed E-state index contributed by atoms with van der Waals surface area (Å²) >= 11 is 2.00. The number of methoxy groups -OCH3 is 1. The molecule has 2 heterocycles. The van der Waals surface area contributed by atoms with Crippen LogP contribution in [0.1, 0.15) is 11.1 Å². The minimum Gasteiger partial charge on any atom is -0.496 e. The van der Waals surface area contributed by atoms with Gasteiger partial charge in [0.1, 0.15) is 23.7 Å². The van der Waals surface area contributed by atoms with E-state index in [1.54, 1.807) is 13.4 Å².